The fourth-order valence-electron chi connectivity index (χ4n) is 3.86. The maximum atomic E-state index is 10.8. The fraction of sp³-hybridized carbons (Fsp3) is 0.545. The molecule has 3 aromatic rings. The Kier molecular flexibility index (Phi) is 6.35. The monoisotopic (exact) mass is 396 g/mol. The van der Waals surface area contributed by atoms with Crippen LogP contribution in [0.5, 0.6) is 5.88 Å². The van der Waals surface area contributed by atoms with Crippen molar-refractivity contribution in [1.82, 2.24) is 24.7 Å². The molecule has 0 aliphatic rings. The molecule has 0 unspecified atom stereocenters. The first kappa shape index (κ1) is 21.0. The number of aromatic nitrogens is 5. The number of rotatable bonds is 8. The number of nitrogens with zero attached hydrogens (tertiary/aromatic N) is 6. The van der Waals surface area contributed by atoms with Gasteiger partial charge in [-0.1, -0.05) is 20.8 Å². The summed E-state index contributed by atoms with van der Waals surface area (Å²) < 4.78 is 1.91. The van der Waals surface area contributed by atoms with Crippen molar-refractivity contribution < 1.29 is 5.11 Å². The molecule has 0 atom stereocenters. The van der Waals surface area contributed by atoms with Crippen molar-refractivity contribution >= 4 is 17.0 Å². The van der Waals surface area contributed by atoms with Crippen LogP contribution in [0.15, 0.2) is 12.3 Å². The summed E-state index contributed by atoms with van der Waals surface area (Å²) >= 11 is 0. The van der Waals surface area contributed by atoms with Crippen molar-refractivity contribution in [3.8, 4) is 17.1 Å². The second-order valence-electron chi connectivity index (χ2n) is 7.29. The van der Waals surface area contributed by atoms with E-state index in [0.717, 1.165) is 60.5 Å². The molecule has 0 saturated carbocycles. The van der Waals surface area contributed by atoms with E-state index in [-0.39, 0.29) is 11.9 Å². The van der Waals surface area contributed by atoms with Crippen LogP contribution in [0.2, 0.25) is 0 Å². The molecule has 0 saturated heterocycles. The molecule has 3 aromatic heterocycles. The lowest BCUT2D eigenvalue weighted by Gasteiger charge is -2.21. The number of hydrogen-bond acceptors (Lipinski definition) is 6. The van der Waals surface area contributed by atoms with Gasteiger partial charge in [0.2, 0.25) is 5.88 Å². The van der Waals surface area contributed by atoms with Gasteiger partial charge >= 0.3 is 0 Å². The maximum absolute atomic E-state index is 10.8. The van der Waals surface area contributed by atoms with Gasteiger partial charge in [0.1, 0.15) is 17.0 Å². The van der Waals surface area contributed by atoms with Gasteiger partial charge < -0.3 is 10.0 Å². The van der Waals surface area contributed by atoms with Gasteiger partial charge in [-0.25, -0.2) is 14.6 Å². The highest BCUT2D eigenvalue weighted by molar-refractivity contribution is 5.80. The summed E-state index contributed by atoms with van der Waals surface area (Å²) in [6, 6.07) is 2.33. The molecule has 3 heterocycles. The molecule has 7 heteroatoms. The van der Waals surface area contributed by atoms with Gasteiger partial charge in [0.15, 0.2) is 5.65 Å². The average Bonchev–Trinajstić information content (AvgIpc) is 3.04. The molecule has 0 spiro atoms. The van der Waals surface area contributed by atoms with E-state index in [9.17, 15) is 5.11 Å². The molecule has 0 radical (unpaired) electrons. The molecule has 0 aromatic carbocycles. The molecule has 0 aliphatic carbocycles. The standard InChI is InChI=1S/C22H32N6O/c1-7-15-12-18(27(10-4)11-5)23-13-17(15)20-22(29)25-21-19(24-20)14(6)26-28(21)16(8-2)9-3/h12-13,16H,7-11H2,1-6H3,(H,25,29). The Morgan fingerprint density at radius 3 is 2.34 bits per heavy atom. The number of aryl methyl sites for hydroxylation is 2. The highest BCUT2D eigenvalue weighted by atomic mass is 16.3. The first-order chi connectivity index (χ1) is 14.0. The van der Waals surface area contributed by atoms with Crippen LogP contribution in [0, 0.1) is 6.92 Å². The Morgan fingerprint density at radius 2 is 1.76 bits per heavy atom. The lowest BCUT2D eigenvalue weighted by Crippen LogP contribution is -2.23. The third kappa shape index (κ3) is 3.78. The molecule has 7 nitrogen and oxygen atoms in total. The van der Waals surface area contributed by atoms with E-state index in [1.165, 1.54) is 0 Å². The first-order valence-corrected chi connectivity index (χ1v) is 10.7. The Labute approximate surface area is 172 Å². The second-order valence-corrected chi connectivity index (χ2v) is 7.29. The Bertz CT molecular complexity index is 989. The number of pyridine rings is 1. The summed E-state index contributed by atoms with van der Waals surface area (Å²) in [7, 11) is 0. The van der Waals surface area contributed by atoms with E-state index in [1.807, 2.05) is 17.8 Å². The SMILES string of the molecule is CCc1cc(N(CC)CC)ncc1-c1nc2c(C)nn(C(CC)CC)c2nc1O. The van der Waals surface area contributed by atoms with Crippen LogP contribution in [0.25, 0.3) is 22.4 Å². The van der Waals surface area contributed by atoms with Crippen LogP contribution >= 0.6 is 0 Å². The van der Waals surface area contributed by atoms with E-state index < -0.39 is 0 Å². The molecule has 0 fully saturated rings. The van der Waals surface area contributed by atoms with Gasteiger partial charge in [0.25, 0.3) is 0 Å². The minimum absolute atomic E-state index is 0.0725. The van der Waals surface area contributed by atoms with Crippen LogP contribution in [0.4, 0.5) is 5.82 Å². The third-order valence-corrected chi connectivity index (χ3v) is 5.66. The second kappa shape index (κ2) is 8.76. The van der Waals surface area contributed by atoms with Crippen LogP contribution in [-0.2, 0) is 6.42 Å². The molecule has 29 heavy (non-hydrogen) atoms. The molecule has 3 rings (SSSR count). The minimum atomic E-state index is -0.0725. The van der Waals surface area contributed by atoms with Gasteiger partial charge in [0, 0.05) is 24.8 Å². The zero-order valence-electron chi connectivity index (χ0n) is 18.4. The molecule has 1 N–H and O–H groups in total. The average molecular weight is 397 g/mol. The molecule has 0 bridgehead atoms. The molecular formula is C22H32N6O. The minimum Gasteiger partial charge on any atom is -0.492 e. The Balaban J connectivity index is 2.15. The number of aromatic hydroxyl groups is 1. The quantitative estimate of drug-likeness (QED) is 0.596. The molecule has 0 amide bonds. The Morgan fingerprint density at radius 1 is 1.07 bits per heavy atom. The zero-order chi connectivity index (χ0) is 21.1. The topological polar surface area (TPSA) is 80.0 Å². The number of fused-ring (bicyclic) bond motifs is 1. The predicted molar refractivity (Wildman–Crippen MR) is 118 cm³/mol. The molecule has 156 valence electrons. The van der Waals surface area contributed by atoms with E-state index in [1.54, 1.807) is 0 Å². The first-order valence-electron chi connectivity index (χ1n) is 10.7. The van der Waals surface area contributed by atoms with Gasteiger partial charge in [-0.15, -0.1) is 0 Å². The van der Waals surface area contributed by atoms with Crippen molar-refractivity contribution in [2.75, 3.05) is 18.0 Å². The lowest BCUT2D eigenvalue weighted by atomic mass is 10.0. The smallest absolute Gasteiger partial charge is 0.240 e. The van der Waals surface area contributed by atoms with E-state index in [2.05, 4.69) is 60.7 Å². The largest absolute Gasteiger partial charge is 0.492 e. The van der Waals surface area contributed by atoms with Crippen LogP contribution in [0.1, 0.15) is 64.8 Å². The van der Waals surface area contributed by atoms with E-state index in [0.29, 0.717) is 11.3 Å². The number of hydrogen-bond donors (Lipinski definition) is 1. The lowest BCUT2D eigenvalue weighted by molar-refractivity contribution is 0.428. The van der Waals surface area contributed by atoms with Crippen LogP contribution in [0.3, 0.4) is 0 Å². The zero-order valence-corrected chi connectivity index (χ0v) is 18.4. The summed E-state index contributed by atoms with van der Waals surface area (Å²) in [5.74, 6) is 0.874. The van der Waals surface area contributed by atoms with Gasteiger partial charge in [-0.05, 0) is 51.7 Å². The highest BCUT2D eigenvalue weighted by Gasteiger charge is 2.21. The van der Waals surface area contributed by atoms with Gasteiger partial charge in [0.05, 0.1) is 11.7 Å². The third-order valence-electron chi connectivity index (χ3n) is 5.66. The number of anilines is 1. The highest BCUT2D eigenvalue weighted by Crippen LogP contribution is 2.33. The van der Waals surface area contributed by atoms with Crippen LogP contribution < -0.4 is 4.90 Å². The van der Waals surface area contributed by atoms with Crippen molar-refractivity contribution in [2.24, 2.45) is 0 Å². The van der Waals surface area contributed by atoms with Crippen LogP contribution in [-0.4, -0.2) is 42.9 Å². The van der Waals surface area contributed by atoms with E-state index in [4.69, 9.17) is 4.98 Å². The summed E-state index contributed by atoms with van der Waals surface area (Å²) in [6.45, 7) is 14.4. The van der Waals surface area contributed by atoms with Crippen molar-refractivity contribution in [2.45, 2.75) is 66.8 Å². The summed E-state index contributed by atoms with van der Waals surface area (Å²) in [4.78, 5) is 16.1. The molecular weight excluding hydrogens is 364 g/mol. The summed E-state index contributed by atoms with van der Waals surface area (Å²) in [6.07, 6.45) is 4.53. The maximum Gasteiger partial charge on any atom is 0.240 e. The predicted octanol–water partition coefficient (Wildman–Crippen LogP) is 4.67. The summed E-state index contributed by atoms with van der Waals surface area (Å²) in [5.41, 5.74) is 4.59. The van der Waals surface area contributed by atoms with E-state index >= 15 is 0 Å². The van der Waals surface area contributed by atoms with Crippen molar-refractivity contribution in [1.29, 1.82) is 0 Å². The normalized spacial score (nSPS) is 11.6. The fourth-order valence-corrected chi connectivity index (χ4v) is 3.86. The van der Waals surface area contributed by atoms with Crippen molar-refractivity contribution in [3.63, 3.8) is 0 Å². The van der Waals surface area contributed by atoms with Gasteiger partial charge in [-0.3, -0.25) is 0 Å². The van der Waals surface area contributed by atoms with Gasteiger partial charge in [-0.2, -0.15) is 10.1 Å². The summed E-state index contributed by atoms with van der Waals surface area (Å²) in [5, 5.41) is 15.4. The molecule has 0 aliphatic heterocycles. The van der Waals surface area contributed by atoms with Crippen molar-refractivity contribution in [3.05, 3.63) is 23.5 Å². The Hall–Kier alpha value is -2.70.